The minimum atomic E-state index is -0.318. The van der Waals surface area contributed by atoms with Crippen LogP contribution in [0.3, 0.4) is 0 Å². The monoisotopic (exact) mass is 224 g/mol. The average molecular weight is 224 g/mol. The van der Waals surface area contributed by atoms with Crippen LogP contribution in [0.2, 0.25) is 0 Å². The molecule has 0 aliphatic rings. The van der Waals surface area contributed by atoms with Gasteiger partial charge in [-0.25, -0.2) is 5.21 Å². The number of hydrogen-bond acceptors (Lipinski definition) is 4. The summed E-state index contributed by atoms with van der Waals surface area (Å²) in [6.07, 6.45) is 0.000734. The maximum atomic E-state index is 11.1. The first kappa shape index (κ1) is 13.8. The molecule has 1 radical (unpaired) electrons. The van der Waals surface area contributed by atoms with Crippen LogP contribution < -0.4 is 0 Å². The van der Waals surface area contributed by atoms with Gasteiger partial charge in [0.2, 0.25) is 0 Å². The van der Waals surface area contributed by atoms with Gasteiger partial charge in [-0.1, -0.05) is 12.2 Å². The van der Waals surface area contributed by atoms with E-state index in [-0.39, 0.29) is 48.1 Å². The molecular formula is C7H11N3NaO2S. The fourth-order valence-electron chi connectivity index (χ4n) is 0.830. The Bertz CT molecular complexity index is 347. The predicted molar refractivity (Wildman–Crippen MR) is 54.5 cm³/mol. The van der Waals surface area contributed by atoms with Crippen molar-refractivity contribution in [1.82, 2.24) is 15.4 Å². The summed E-state index contributed by atoms with van der Waals surface area (Å²) < 4.78 is 5.37. The van der Waals surface area contributed by atoms with E-state index in [4.69, 9.17) is 17.0 Å². The number of esters is 1. The summed E-state index contributed by atoms with van der Waals surface area (Å²) in [4.78, 5) is 11.1. The molecule has 0 aromatic carbocycles. The fourth-order valence-corrected chi connectivity index (χ4v) is 0.994. The normalized spacial score (nSPS) is 9.64. The van der Waals surface area contributed by atoms with E-state index in [1.54, 1.807) is 13.8 Å². The molecule has 14 heavy (non-hydrogen) atoms. The van der Waals surface area contributed by atoms with Gasteiger partial charge in [0.1, 0.15) is 10.3 Å². The van der Waals surface area contributed by atoms with Crippen LogP contribution in [0.25, 0.3) is 0 Å². The summed E-state index contributed by atoms with van der Waals surface area (Å²) in [5.41, 5.74) is 0.514. The van der Waals surface area contributed by atoms with Crippen LogP contribution in [0.5, 0.6) is 0 Å². The van der Waals surface area contributed by atoms with E-state index >= 15 is 0 Å². The Hall–Kier alpha value is -0.170. The summed E-state index contributed by atoms with van der Waals surface area (Å²) in [7, 11) is 0. The average Bonchev–Trinajstić information content (AvgIpc) is 2.34. The van der Waals surface area contributed by atoms with Gasteiger partial charge in [-0.15, -0.1) is 0 Å². The molecule has 0 unspecified atom stereocenters. The summed E-state index contributed by atoms with van der Waals surface area (Å²) in [6, 6.07) is 0. The number of carbonyl (C=O) groups is 1. The first-order chi connectivity index (χ1) is 6.09. The third kappa shape index (κ3) is 4.36. The third-order valence-corrected chi connectivity index (χ3v) is 1.64. The number of aromatic nitrogens is 3. The second-order valence-corrected chi connectivity index (χ2v) is 3.25. The number of rotatable bonds is 3. The van der Waals surface area contributed by atoms with Gasteiger partial charge < -0.3 is 4.74 Å². The van der Waals surface area contributed by atoms with Gasteiger partial charge in [-0.05, 0) is 13.8 Å². The summed E-state index contributed by atoms with van der Waals surface area (Å²) in [5.74, 6) is -0.318. The van der Waals surface area contributed by atoms with Crippen LogP contribution >= 0.6 is 12.2 Å². The van der Waals surface area contributed by atoms with Gasteiger partial charge in [0.15, 0.2) is 0 Å². The standard InChI is InChI=1S/C7H11N3O2S.Na/c1-4(2)12-6(11)3-5-7(13)9-10-8-5;/h4H,3H2,1-2H3,(H2,8,9,10,13);. The molecule has 1 aromatic heterocycles. The number of hydrogen-bond donors (Lipinski definition) is 2. The zero-order valence-corrected chi connectivity index (χ0v) is 11.3. The summed E-state index contributed by atoms with van der Waals surface area (Å²) in [5, 5.41) is 8.85. The number of carbonyl (C=O) groups excluding carboxylic acids is 1. The Morgan fingerprint density at radius 1 is 1.64 bits per heavy atom. The van der Waals surface area contributed by atoms with Gasteiger partial charge >= 0.3 is 5.97 Å². The van der Waals surface area contributed by atoms with Crippen LogP contribution in [-0.4, -0.2) is 57.0 Å². The number of aromatic amines is 2. The SMILES string of the molecule is CC(C)OC(=O)Cc1n[nH][nH]c1=S.[Na]. The maximum Gasteiger partial charge on any atom is 0.312 e. The molecule has 0 spiro atoms. The number of ether oxygens (including phenoxy) is 1. The van der Waals surface area contributed by atoms with E-state index in [0.717, 1.165) is 0 Å². The van der Waals surface area contributed by atoms with Crippen molar-refractivity contribution in [2.24, 2.45) is 0 Å². The quantitative estimate of drug-likeness (QED) is 0.447. The molecule has 0 bridgehead atoms. The van der Waals surface area contributed by atoms with Crippen molar-refractivity contribution in [3.05, 3.63) is 10.3 Å². The zero-order valence-electron chi connectivity index (χ0n) is 8.46. The molecule has 0 atom stereocenters. The molecule has 0 aliphatic heterocycles. The summed E-state index contributed by atoms with van der Waals surface area (Å²) >= 11 is 4.86. The third-order valence-electron chi connectivity index (χ3n) is 1.30. The molecule has 1 rings (SSSR count). The van der Waals surface area contributed by atoms with E-state index in [2.05, 4.69) is 15.4 Å². The van der Waals surface area contributed by atoms with Gasteiger partial charge in [0.25, 0.3) is 0 Å². The molecule has 1 aromatic rings. The predicted octanol–water partition coefficient (Wildman–Crippen LogP) is 0.581. The Balaban J connectivity index is 0.00000169. The second kappa shape index (κ2) is 6.34. The smallest absolute Gasteiger partial charge is 0.312 e. The van der Waals surface area contributed by atoms with E-state index < -0.39 is 0 Å². The van der Waals surface area contributed by atoms with Crippen molar-refractivity contribution in [3.63, 3.8) is 0 Å². The van der Waals surface area contributed by atoms with Gasteiger partial charge in [-0.3, -0.25) is 9.89 Å². The molecule has 5 nitrogen and oxygen atoms in total. The van der Waals surface area contributed by atoms with Crippen molar-refractivity contribution < 1.29 is 9.53 Å². The van der Waals surface area contributed by atoms with Crippen LogP contribution in [0, 0.1) is 4.64 Å². The molecule has 0 aliphatic carbocycles. The number of H-pyrrole nitrogens is 2. The number of nitrogens with one attached hydrogen (secondary N) is 2. The zero-order chi connectivity index (χ0) is 9.84. The molecule has 1 heterocycles. The molecule has 0 saturated heterocycles. The van der Waals surface area contributed by atoms with Crippen LogP contribution in [0.15, 0.2) is 0 Å². The molecule has 0 saturated carbocycles. The van der Waals surface area contributed by atoms with Gasteiger partial charge in [0.05, 0.1) is 12.5 Å². The fraction of sp³-hybridized carbons (Fsp3) is 0.571. The molecular weight excluding hydrogens is 213 g/mol. The Kier molecular flexibility index (Phi) is 6.26. The summed E-state index contributed by atoms with van der Waals surface area (Å²) in [6.45, 7) is 3.59. The van der Waals surface area contributed by atoms with Crippen molar-refractivity contribution in [2.75, 3.05) is 0 Å². The Morgan fingerprint density at radius 3 is 2.71 bits per heavy atom. The van der Waals surface area contributed by atoms with Crippen molar-refractivity contribution >= 4 is 47.7 Å². The molecule has 7 heteroatoms. The largest absolute Gasteiger partial charge is 0.463 e. The van der Waals surface area contributed by atoms with E-state index in [9.17, 15) is 4.79 Å². The van der Waals surface area contributed by atoms with Crippen molar-refractivity contribution in [3.8, 4) is 0 Å². The van der Waals surface area contributed by atoms with Crippen LogP contribution in [0.1, 0.15) is 19.5 Å². The van der Waals surface area contributed by atoms with E-state index in [1.165, 1.54) is 0 Å². The van der Waals surface area contributed by atoms with E-state index in [0.29, 0.717) is 10.3 Å². The van der Waals surface area contributed by atoms with Crippen LogP contribution in [0.4, 0.5) is 0 Å². The molecule has 0 amide bonds. The topological polar surface area (TPSA) is 70.8 Å². The molecule has 0 fully saturated rings. The maximum absolute atomic E-state index is 11.1. The van der Waals surface area contributed by atoms with Crippen molar-refractivity contribution in [2.45, 2.75) is 26.4 Å². The first-order valence-electron chi connectivity index (χ1n) is 3.91. The first-order valence-corrected chi connectivity index (χ1v) is 4.32. The Morgan fingerprint density at radius 2 is 2.29 bits per heavy atom. The second-order valence-electron chi connectivity index (χ2n) is 2.84. The van der Waals surface area contributed by atoms with E-state index in [1.807, 2.05) is 0 Å². The van der Waals surface area contributed by atoms with Crippen molar-refractivity contribution in [1.29, 1.82) is 0 Å². The Labute approximate surface area is 109 Å². The molecule has 73 valence electrons. The minimum Gasteiger partial charge on any atom is -0.463 e. The van der Waals surface area contributed by atoms with Gasteiger partial charge in [0, 0.05) is 29.6 Å². The minimum absolute atomic E-state index is 0. The molecule has 2 N–H and O–H groups in total. The van der Waals surface area contributed by atoms with Gasteiger partial charge in [-0.2, -0.15) is 5.10 Å². The number of nitrogens with zero attached hydrogens (tertiary/aromatic N) is 1. The van der Waals surface area contributed by atoms with Crippen LogP contribution in [-0.2, 0) is 16.0 Å².